The van der Waals surface area contributed by atoms with Crippen molar-refractivity contribution in [2.24, 2.45) is 0 Å². The largest absolute Gasteiger partial charge is 0.494 e. The van der Waals surface area contributed by atoms with Crippen molar-refractivity contribution in [2.45, 2.75) is 38.9 Å². The van der Waals surface area contributed by atoms with Gasteiger partial charge in [0.2, 0.25) is 0 Å². The summed E-state index contributed by atoms with van der Waals surface area (Å²) in [6.07, 6.45) is 0. The Hall–Kier alpha value is -5.88. The summed E-state index contributed by atoms with van der Waals surface area (Å²) in [5.41, 5.74) is 11.6. The molecule has 5 heteroatoms. The smallest absolute Gasteiger partial charge is 0.399 e. The van der Waals surface area contributed by atoms with E-state index < -0.39 is 18.3 Å². The predicted octanol–water partition coefficient (Wildman–Crippen LogP) is 11.9. The Bertz CT molecular complexity index is 2440. The van der Waals surface area contributed by atoms with Crippen molar-refractivity contribution in [1.29, 1.82) is 0 Å². The van der Waals surface area contributed by atoms with Gasteiger partial charge >= 0.3 is 7.12 Å². The van der Waals surface area contributed by atoms with Gasteiger partial charge in [0.05, 0.1) is 22.2 Å². The molecular weight excluding hydrogens is 647 g/mol. The zero-order chi connectivity index (χ0) is 36.2. The van der Waals surface area contributed by atoms with Crippen molar-refractivity contribution in [3.63, 3.8) is 0 Å². The van der Waals surface area contributed by atoms with Crippen LogP contribution in [-0.4, -0.2) is 22.9 Å². The second-order valence-corrected chi connectivity index (χ2v) is 14.9. The molecule has 0 radical (unpaired) electrons. The normalized spacial score (nSPS) is 14.9. The Labute approximate surface area is 312 Å². The van der Waals surface area contributed by atoms with Gasteiger partial charge in [-0.05, 0) is 116 Å². The first-order valence-electron chi connectivity index (χ1n) is 18.4. The van der Waals surface area contributed by atoms with E-state index in [1.165, 1.54) is 33.0 Å². The fourth-order valence-corrected chi connectivity index (χ4v) is 7.46. The molecule has 258 valence electrons. The summed E-state index contributed by atoms with van der Waals surface area (Å²) in [6, 6.07) is 62.9. The lowest BCUT2D eigenvalue weighted by atomic mass is 9.79. The highest BCUT2D eigenvalue weighted by atomic mass is 16.7. The van der Waals surface area contributed by atoms with Gasteiger partial charge in [-0.1, -0.05) is 115 Å². The molecule has 8 aromatic rings. The first-order valence-corrected chi connectivity index (χ1v) is 18.4. The van der Waals surface area contributed by atoms with E-state index in [9.17, 15) is 0 Å². The summed E-state index contributed by atoms with van der Waals surface area (Å²) < 4.78 is 15.3. The molecule has 0 unspecified atom stereocenters. The molecule has 1 aromatic heterocycles. The molecule has 2 heterocycles. The molecule has 0 atom stereocenters. The van der Waals surface area contributed by atoms with Crippen molar-refractivity contribution in [1.82, 2.24) is 4.57 Å². The van der Waals surface area contributed by atoms with Crippen LogP contribution in [0.2, 0.25) is 0 Å². The second-order valence-electron chi connectivity index (χ2n) is 14.9. The fourth-order valence-electron chi connectivity index (χ4n) is 7.46. The zero-order valence-corrected chi connectivity index (χ0v) is 30.5. The average molecular weight is 689 g/mol. The minimum Gasteiger partial charge on any atom is -0.399 e. The van der Waals surface area contributed by atoms with Crippen LogP contribution in [0.3, 0.4) is 0 Å². The topological polar surface area (TPSA) is 26.6 Å². The first-order chi connectivity index (χ1) is 25.8. The highest BCUT2D eigenvalue weighted by Gasteiger charge is 2.51. The summed E-state index contributed by atoms with van der Waals surface area (Å²) in [7, 11) is -0.437. The Kier molecular flexibility index (Phi) is 8.07. The van der Waals surface area contributed by atoms with E-state index in [0.29, 0.717) is 0 Å². The second kappa shape index (κ2) is 13.0. The van der Waals surface area contributed by atoms with E-state index in [1.54, 1.807) is 0 Å². The third-order valence-corrected chi connectivity index (χ3v) is 11.1. The molecule has 0 N–H and O–H groups in total. The third-order valence-electron chi connectivity index (χ3n) is 11.1. The van der Waals surface area contributed by atoms with Crippen LogP contribution >= 0.6 is 0 Å². The van der Waals surface area contributed by atoms with Crippen LogP contribution in [0.15, 0.2) is 176 Å². The molecule has 4 nitrogen and oxygen atoms in total. The maximum absolute atomic E-state index is 6.47. The number of benzene rings is 7. The lowest BCUT2D eigenvalue weighted by molar-refractivity contribution is 0.00578. The van der Waals surface area contributed by atoms with Crippen LogP contribution in [0.1, 0.15) is 27.7 Å². The molecule has 1 aliphatic rings. The van der Waals surface area contributed by atoms with Gasteiger partial charge < -0.3 is 18.8 Å². The molecule has 0 bridgehead atoms. The number of para-hydroxylation sites is 1. The molecule has 53 heavy (non-hydrogen) atoms. The first kappa shape index (κ1) is 33.0. The molecule has 0 amide bonds. The van der Waals surface area contributed by atoms with Gasteiger partial charge in [-0.15, -0.1) is 0 Å². The molecule has 0 spiro atoms. The summed E-state index contributed by atoms with van der Waals surface area (Å²) in [5.74, 6) is 0. The van der Waals surface area contributed by atoms with Crippen LogP contribution in [0.25, 0.3) is 49.7 Å². The third kappa shape index (κ3) is 5.92. The molecule has 0 aliphatic carbocycles. The Morgan fingerprint density at radius 3 is 1.40 bits per heavy atom. The van der Waals surface area contributed by atoms with E-state index in [4.69, 9.17) is 9.31 Å². The number of anilines is 3. The number of fused-ring (bicyclic) bond motifs is 3. The van der Waals surface area contributed by atoms with Gasteiger partial charge in [0.1, 0.15) is 0 Å². The summed E-state index contributed by atoms with van der Waals surface area (Å²) >= 11 is 0. The van der Waals surface area contributed by atoms with Crippen molar-refractivity contribution in [3.8, 4) is 27.9 Å². The SMILES string of the molecule is CC1(C)OB(c2ccc3c4ccccc4n(-c4ccc(N(c5ccc(-c6ccccc6)cc5)c5ccc(-c6ccccc6)cc5)cc4)c3c2)OC1(C)C. The van der Waals surface area contributed by atoms with E-state index in [-0.39, 0.29) is 0 Å². The Balaban J connectivity index is 1.13. The van der Waals surface area contributed by atoms with Gasteiger partial charge in [0.25, 0.3) is 0 Å². The van der Waals surface area contributed by atoms with Crippen molar-refractivity contribution < 1.29 is 9.31 Å². The average Bonchev–Trinajstić information content (AvgIpc) is 3.64. The number of hydrogen-bond acceptors (Lipinski definition) is 3. The van der Waals surface area contributed by atoms with Crippen molar-refractivity contribution >= 4 is 51.4 Å². The molecule has 9 rings (SSSR count). The molecule has 7 aromatic carbocycles. The quantitative estimate of drug-likeness (QED) is 0.156. The van der Waals surface area contributed by atoms with Crippen LogP contribution in [0.5, 0.6) is 0 Å². The monoisotopic (exact) mass is 688 g/mol. The summed E-state index contributed by atoms with van der Waals surface area (Å²) in [4.78, 5) is 2.33. The van der Waals surface area contributed by atoms with Crippen molar-refractivity contribution in [3.05, 3.63) is 176 Å². The van der Waals surface area contributed by atoms with E-state index in [0.717, 1.165) is 39.2 Å². The van der Waals surface area contributed by atoms with Crippen LogP contribution in [-0.2, 0) is 9.31 Å². The van der Waals surface area contributed by atoms with Gasteiger partial charge in [-0.2, -0.15) is 0 Å². The zero-order valence-electron chi connectivity index (χ0n) is 30.5. The minimum atomic E-state index is -0.437. The van der Waals surface area contributed by atoms with Crippen LogP contribution in [0.4, 0.5) is 17.1 Å². The summed E-state index contributed by atoms with van der Waals surface area (Å²) in [6.45, 7) is 8.40. The fraction of sp³-hybridized carbons (Fsp3) is 0.125. The van der Waals surface area contributed by atoms with E-state index in [1.807, 2.05) is 0 Å². The van der Waals surface area contributed by atoms with Crippen LogP contribution in [0, 0.1) is 0 Å². The number of hydrogen-bond donors (Lipinski definition) is 0. The van der Waals surface area contributed by atoms with Gasteiger partial charge in [0, 0.05) is 33.5 Å². The number of rotatable bonds is 7. The predicted molar refractivity (Wildman–Crippen MR) is 222 cm³/mol. The highest BCUT2D eigenvalue weighted by Crippen LogP contribution is 2.40. The van der Waals surface area contributed by atoms with E-state index >= 15 is 0 Å². The van der Waals surface area contributed by atoms with Crippen molar-refractivity contribution in [2.75, 3.05) is 4.90 Å². The van der Waals surface area contributed by atoms with Gasteiger partial charge in [-0.25, -0.2) is 0 Å². The molecule has 1 saturated heterocycles. The minimum absolute atomic E-state index is 0.412. The Morgan fingerprint density at radius 1 is 0.434 bits per heavy atom. The van der Waals surface area contributed by atoms with Gasteiger partial charge in [-0.3, -0.25) is 0 Å². The maximum Gasteiger partial charge on any atom is 0.494 e. The standard InChI is InChI=1S/C48H41BN2O2/c1-47(2)48(3,4)53-49(52-47)38-23-32-44-43-17-11-12-18-45(43)51(46(44)33-38)42-30-28-41(29-31-42)50(39-24-19-36(20-25-39)34-13-7-5-8-14-34)40-26-21-37(22-27-40)35-15-9-6-10-16-35/h5-33H,1-4H3. The molecule has 1 fully saturated rings. The van der Waals surface area contributed by atoms with Gasteiger partial charge in [0.15, 0.2) is 0 Å². The Morgan fingerprint density at radius 2 is 0.868 bits per heavy atom. The number of aromatic nitrogens is 1. The lowest BCUT2D eigenvalue weighted by Gasteiger charge is -2.32. The lowest BCUT2D eigenvalue weighted by Crippen LogP contribution is -2.41. The van der Waals surface area contributed by atoms with E-state index in [2.05, 4.69) is 213 Å². The number of nitrogens with zero attached hydrogens (tertiary/aromatic N) is 2. The maximum atomic E-state index is 6.47. The summed E-state index contributed by atoms with van der Waals surface area (Å²) in [5, 5.41) is 2.41. The molecular formula is C48H41BN2O2. The highest BCUT2D eigenvalue weighted by molar-refractivity contribution is 6.62. The molecule has 0 saturated carbocycles. The molecule has 1 aliphatic heterocycles. The van der Waals surface area contributed by atoms with Crippen LogP contribution < -0.4 is 10.4 Å².